The second-order valence-corrected chi connectivity index (χ2v) is 13.4. The average Bonchev–Trinajstić information content (AvgIpc) is 2.69. The smallest absolute Gasteiger partial charge is 0.0244 e. The Morgan fingerprint density at radius 2 is 0.741 bits per heavy atom. The normalized spacial score (nSPS) is 59.3. The molecule has 8 bridgehead atoms. The minimum atomic E-state index is 0.796. The summed E-state index contributed by atoms with van der Waals surface area (Å²) >= 11 is 0. The van der Waals surface area contributed by atoms with E-state index < -0.39 is 0 Å². The third kappa shape index (κ3) is 2.28. The van der Waals surface area contributed by atoms with Gasteiger partial charge in [-0.25, -0.2) is 0 Å². The van der Waals surface area contributed by atoms with Crippen LogP contribution < -0.4 is 0 Å². The van der Waals surface area contributed by atoms with Crippen LogP contribution in [-0.2, 0) is 0 Å². The Bertz CT molecular complexity index is 503. The first-order valence-corrected chi connectivity index (χ1v) is 13.2. The third-order valence-corrected chi connectivity index (χ3v) is 12.2. The molecule has 0 aliphatic heterocycles. The second-order valence-electron chi connectivity index (χ2n) is 13.4. The molecule has 0 amide bonds. The lowest BCUT2D eigenvalue weighted by atomic mass is 9.34. The summed E-state index contributed by atoms with van der Waals surface area (Å²) in [6, 6.07) is 0. The fraction of sp³-hybridized carbons (Fsp3) is 1.00. The van der Waals surface area contributed by atoms with Gasteiger partial charge in [0.15, 0.2) is 0 Å². The molecule has 0 heterocycles. The van der Waals surface area contributed by atoms with Gasteiger partial charge < -0.3 is 0 Å². The Kier molecular flexibility index (Phi) is 3.46. The fourth-order valence-electron chi connectivity index (χ4n) is 11.9. The highest BCUT2D eigenvalue weighted by Crippen LogP contribution is 2.75. The lowest BCUT2D eigenvalue weighted by molar-refractivity contribution is -0.208. The van der Waals surface area contributed by atoms with E-state index in [9.17, 15) is 0 Å². The molecule has 0 spiro atoms. The first kappa shape index (κ1) is 16.8. The van der Waals surface area contributed by atoms with Crippen LogP contribution in [0.2, 0.25) is 0 Å². The Morgan fingerprint density at radius 1 is 0.407 bits per heavy atom. The van der Waals surface area contributed by atoms with Crippen molar-refractivity contribution in [1.29, 1.82) is 0 Å². The van der Waals surface area contributed by atoms with Crippen LogP contribution >= 0.6 is 0 Å². The van der Waals surface area contributed by atoms with E-state index in [0.29, 0.717) is 0 Å². The zero-order valence-corrected chi connectivity index (χ0v) is 17.7. The van der Waals surface area contributed by atoms with E-state index in [1.165, 1.54) is 0 Å². The summed E-state index contributed by atoms with van der Waals surface area (Å²) in [5.41, 5.74) is 2.40. The van der Waals surface area contributed by atoms with Crippen molar-refractivity contribution >= 4 is 0 Å². The molecule has 0 saturated heterocycles. The number of hydrogen-bond donors (Lipinski definition) is 0. The molecule has 10 fully saturated rings. The molecule has 0 atom stereocenters. The highest BCUT2D eigenvalue weighted by Gasteiger charge is 2.65. The summed E-state index contributed by atoms with van der Waals surface area (Å²) in [7, 11) is 0. The number of hydrogen-bond acceptors (Lipinski definition) is 0. The molecule has 0 N–H and O–H groups in total. The van der Waals surface area contributed by atoms with Gasteiger partial charge in [0, 0.05) is 0 Å². The first-order chi connectivity index (χ1) is 13.2. The van der Waals surface area contributed by atoms with Crippen molar-refractivity contribution in [2.75, 3.05) is 0 Å². The fourth-order valence-corrected chi connectivity index (χ4v) is 11.9. The molecule has 0 radical (unpaired) electrons. The SMILES string of the molecule is C1CC2(C(C34CCC(CC3)CC4)C34CC5CC(CC(C5)C3)C4)CCC1CC2. The van der Waals surface area contributed by atoms with Crippen LogP contribution in [0.1, 0.15) is 116 Å². The summed E-state index contributed by atoms with van der Waals surface area (Å²) in [5.74, 6) is 6.84. The topological polar surface area (TPSA) is 0 Å². The highest BCUT2D eigenvalue weighted by atomic mass is 14.7. The zero-order chi connectivity index (χ0) is 17.7. The lowest BCUT2D eigenvalue weighted by Gasteiger charge is -2.70. The van der Waals surface area contributed by atoms with Gasteiger partial charge in [-0.1, -0.05) is 0 Å². The molecule has 0 unspecified atom stereocenters. The van der Waals surface area contributed by atoms with Crippen LogP contribution in [0.4, 0.5) is 0 Å². The summed E-state index contributed by atoms with van der Waals surface area (Å²) in [6.07, 6.45) is 29.5. The van der Waals surface area contributed by atoms with E-state index in [-0.39, 0.29) is 0 Å². The van der Waals surface area contributed by atoms with Crippen molar-refractivity contribution in [3.63, 3.8) is 0 Å². The van der Waals surface area contributed by atoms with Crippen LogP contribution in [0.3, 0.4) is 0 Å². The van der Waals surface area contributed by atoms with Crippen molar-refractivity contribution in [2.45, 2.75) is 116 Å². The largest absolute Gasteiger partial charge is 0.0499 e. The molecule has 0 aromatic rings. The minimum Gasteiger partial charge on any atom is -0.0499 e. The molecule has 10 aliphatic carbocycles. The van der Waals surface area contributed by atoms with Gasteiger partial charge in [-0.3, -0.25) is 0 Å². The molecule has 27 heavy (non-hydrogen) atoms. The maximum absolute atomic E-state index is 1.68. The maximum atomic E-state index is 1.68. The van der Waals surface area contributed by atoms with Crippen LogP contribution in [0.15, 0.2) is 0 Å². The maximum Gasteiger partial charge on any atom is -0.0244 e. The van der Waals surface area contributed by atoms with Gasteiger partial charge in [-0.05, 0) is 167 Å². The predicted molar refractivity (Wildman–Crippen MR) is 111 cm³/mol. The standard InChI is InChI=1S/C27H42/c1-7-25(8-2-19(1)3-9-25)24(26-10-4-20(5-11-26)6-12-26)27-16-21-13-22(17-27)15-23(14-21)18-27/h19-24H,1-18H2. The van der Waals surface area contributed by atoms with Crippen LogP contribution in [0.5, 0.6) is 0 Å². The molecule has 0 aromatic heterocycles. The van der Waals surface area contributed by atoms with Gasteiger partial charge in [0.1, 0.15) is 0 Å². The summed E-state index contributed by atoms with van der Waals surface area (Å²) in [5, 5.41) is 0. The van der Waals surface area contributed by atoms with Crippen molar-refractivity contribution in [3.05, 3.63) is 0 Å². The van der Waals surface area contributed by atoms with E-state index in [1.807, 2.05) is 0 Å². The van der Waals surface area contributed by atoms with E-state index >= 15 is 0 Å². The van der Waals surface area contributed by atoms with Crippen LogP contribution in [-0.4, -0.2) is 0 Å². The Hall–Kier alpha value is 0. The van der Waals surface area contributed by atoms with Gasteiger partial charge in [0.2, 0.25) is 0 Å². The van der Waals surface area contributed by atoms with Gasteiger partial charge >= 0.3 is 0 Å². The predicted octanol–water partition coefficient (Wildman–Crippen LogP) is 7.76. The summed E-state index contributed by atoms with van der Waals surface area (Å²) < 4.78 is 0. The number of fused-ring (bicyclic) bond motifs is 6. The molecular weight excluding hydrogens is 324 g/mol. The Labute approximate surface area is 167 Å². The van der Waals surface area contributed by atoms with Crippen LogP contribution in [0.25, 0.3) is 0 Å². The first-order valence-electron chi connectivity index (χ1n) is 13.2. The van der Waals surface area contributed by atoms with Gasteiger partial charge in [-0.15, -0.1) is 0 Å². The van der Waals surface area contributed by atoms with Crippen molar-refractivity contribution < 1.29 is 0 Å². The molecule has 10 aliphatic rings. The molecule has 0 nitrogen and oxygen atoms in total. The van der Waals surface area contributed by atoms with E-state index in [4.69, 9.17) is 0 Å². The molecule has 10 rings (SSSR count). The van der Waals surface area contributed by atoms with Gasteiger partial charge in [-0.2, -0.15) is 0 Å². The molecule has 10 saturated carbocycles. The molecule has 150 valence electrons. The van der Waals surface area contributed by atoms with E-state index in [1.54, 1.807) is 116 Å². The second kappa shape index (κ2) is 5.57. The minimum absolute atomic E-state index is 0.796. The monoisotopic (exact) mass is 366 g/mol. The van der Waals surface area contributed by atoms with E-state index in [0.717, 1.165) is 51.8 Å². The lowest BCUT2D eigenvalue weighted by Crippen LogP contribution is -2.61. The summed E-state index contributed by atoms with van der Waals surface area (Å²) in [6.45, 7) is 0. The quantitative estimate of drug-likeness (QED) is 0.478. The van der Waals surface area contributed by atoms with E-state index in [2.05, 4.69) is 0 Å². The van der Waals surface area contributed by atoms with Crippen molar-refractivity contribution in [2.24, 2.45) is 51.8 Å². The van der Waals surface area contributed by atoms with Crippen molar-refractivity contribution in [3.8, 4) is 0 Å². The third-order valence-electron chi connectivity index (χ3n) is 12.2. The Morgan fingerprint density at radius 3 is 1.07 bits per heavy atom. The van der Waals surface area contributed by atoms with Crippen LogP contribution in [0, 0.1) is 51.8 Å². The molecule has 0 aromatic carbocycles. The van der Waals surface area contributed by atoms with Gasteiger partial charge in [0.25, 0.3) is 0 Å². The molecule has 0 heteroatoms. The summed E-state index contributed by atoms with van der Waals surface area (Å²) in [4.78, 5) is 0. The number of rotatable bonds is 3. The van der Waals surface area contributed by atoms with Crippen molar-refractivity contribution in [1.82, 2.24) is 0 Å². The average molecular weight is 367 g/mol. The zero-order valence-electron chi connectivity index (χ0n) is 17.7. The highest BCUT2D eigenvalue weighted by molar-refractivity contribution is 5.15. The van der Waals surface area contributed by atoms with Gasteiger partial charge in [0.05, 0.1) is 0 Å². The Balaban J connectivity index is 1.35. The molecular formula is C27H42.